The zero-order chi connectivity index (χ0) is 15.4. The lowest BCUT2D eigenvalue weighted by Crippen LogP contribution is -2.35. The summed E-state index contributed by atoms with van der Waals surface area (Å²) in [7, 11) is 3.72. The molecule has 5 nitrogen and oxygen atoms in total. The van der Waals surface area contributed by atoms with E-state index in [1.54, 1.807) is 7.11 Å². The molecule has 1 aromatic carbocycles. The second-order valence-electron chi connectivity index (χ2n) is 5.79. The van der Waals surface area contributed by atoms with E-state index in [0.29, 0.717) is 6.04 Å². The number of methoxy groups -OCH3 is 1. The van der Waals surface area contributed by atoms with E-state index in [1.807, 2.05) is 19.2 Å². The summed E-state index contributed by atoms with van der Waals surface area (Å²) in [5, 5.41) is 3.34. The van der Waals surface area contributed by atoms with Gasteiger partial charge in [0.05, 0.1) is 7.11 Å². The first-order valence-corrected chi connectivity index (χ1v) is 7.80. The molecular weight excluding hydrogens is 276 g/mol. The number of aliphatic imine (C=N–C) groups is 1. The Kier molecular flexibility index (Phi) is 4.63. The molecule has 0 aromatic heterocycles. The Hall–Kier alpha value is -2.01. The van der Waals surface area contributed by atoms with Gasteiger partial charge in [-0.3, -0.25) is 0 Å². The third-order valence-electron chi connectivity index (χ3n) is 4.31. The molecule has 2 heterocycles. The Bertz CT molecular complexity index is 552. The fourth-order valence-corrected chi connectivity index (χ4v) is 2.91. The zero-order valence-electron chi connectivity index (χ0n) is 13.3. The third kappa shape index (κ3) is 3.42. The smallest absolute Gasteiger partial charge is 0.127 e. The maximum atomic E-state index is 5.19. The molecule has 1 atom stereocenters. The lowest BCUT2D eigenvalue weighted by Gasteiger charge is -2.26. The summed E-state index contributed by atoms with van der Waals surface area (Å²) in [6, 6.07) is 8.79. The Morgan fingerprint density at radius 3 is 2.73 bits per heavy atom. The van der Waals surface area contributed by atoms with Gasteiger partial charge in [0.15, 0.2) is 0 Å². The zero-order valence-corrected chi connectivity index (χ0v) is 13.3. The van der Waals surface area contributed by atoms with Crippen molar-refractivity contribution in [3.63, 3.8) is 0 Å². The van der Waals surface area contributed by atoms with Crippen LogP contribution in [0.1, 0.15) is 12.0 Å². The van der Waals surface area contributed by atoms with Crippen LogP contribution in [-0.4, -0.2) is 55.6 Å². The summed E-state index contributed by atoms with van der Waals surface area (Å²) in [4.78, 5) is 9.30. The molecule has 0 bridgehead atoms. The second-order valence-corrected chi connectivity index (χ2v) is 5.79. The number of ether oxygens (including phenoxy) is 1. The van der Waals surface area contributed by atoms with Crippen LogP contribution in [0.15, 0.2) is 41.5 Å². The van der Waals surface area contributed by atoms with Gasteiger partial charge in [0, 0.05) is 31.9 Å². The van der Waals surface area contributed by atoms with Gasteiger partial charge in [-0.1, -0.05) is 12.1 Å². The fourth-order valence-electron chi connectivity index (χ4n) is 2.91. The van der Waals surface area contributed by atoms with E-state index < -0.39 is 0 Å². The molecule has 1 saturated heterocycles. The minimum atomic E-state index is 0.591. The molecule has 0 unspecified atom stereocenters. The number of rotatable bonds is 4. The van der Waals surface area contributed by atoms with Gasteiger partial charge in [-0.25, -0.2) is 4.99 Å². The van der Waals surface area contributed by atoms with Crippen LogP contribution in [0.2, 0.25) is 0 Å². The topological polar surface area (TPSA) is 40.1 Å². The van der Waals surface area contributed by atoms with Crippen molar-refractivity contribution in [3.05, 3.63) is 42.1 Å². The first-order valence-electron chi connectivity index (χ1n) is 7.80. The molecule has 0 saturated carbocycles. The second kappa shape index (κ2) is 6.83. The average Bonchev–Trinajstić information content (AvgIpc) is 3.05. The molecule has 3 rings (SSSR count). The van der Waals surface area contributed by atoms with E-state index in [9.17, 15) is 0 Å². The molecule has 1 fully saturated rings. The SMILES string of the molecule is CN[C@@H]1CCN(C2=NCN(Cc3ccc(OC)cc3)C=C2)C1. The fraction of sp³-hybridized carbons (Fsp3) is 0.471. The van der Waals surface area contributed by atoms with E-state index >= 15 is 0 Å². The van der Waals surface area contributed by atoms with Crippen LogP contribution in [0.25, 0.3) is 0 Å². The number of hydrogen-bond donors (Lipinski definition) is 1. The van der Waals surface area contributed by atoms with Gasteiger partial charge in [0.2, 0.25) is 0 Å². The molecule has 2 aliphatic heterocycles. The largest absolute Gasteiger partial charge is 0.497 e. The van der Waals surface area contributed by atoms with Crippen LogP contribution in [0, 0.1) is 0 Å². The van der Waals surface area contributed by atoms with Crippen molar-refractivity contribution >= 4 is 5.84 Å². The highest BCUT2D eigenvalue weighted by atomic mass is 16.5. The summed E-state index contributed by atoms with van der Waals surface area (Å²) < 4.78 is 5.19. The van der Waals surface area contributed by atoms with Crippen LogP contribution in [-0.2, 0) is 6.54 Å². The van der Waals surface area contributed by atoms with Crippen molar-refractivity contribution in [1.29, 1.82) is 0 Å². The summed E-state index contributed by atoms with van der Waals surface area (Å²) in [5.74, 6) is 2.01. The Balaban J connectivity index is 1.54. The Labute approximate surface area is 132 Å². The number of benzene rings is 1. The first kappa shape index (κ1) is 14.9. The maximum Gasteiger partial charge on any atom is 0.127 e. The van der Waals surface area contributed by atoms with Crippen molar-refractivity contribution in [2.75, 3.05) is 33.9 Å². The molecule has 0 spiro atoms. The Morgan fingerprint density at radius 1 is 1.32 bits per heavy atom. The predicted octanol–water partition coefficient (Wildman–Crippen LogP) is 1.67. The van der Waals surface area contributed by atoms with E-state index in [2.05, 4.69) is 39.5 Å². The number of nitrogens with one attached hydrogen (secondary N) is 1. The van der Waals surface area contributed by atoms with E-state index in [4.69, 9.17) is 9.73 Å². The van der Waals surface area contributed by atoms with Crippen LogP contribution >= 0.6 is 0 Å². The number of hydrogen-bond acceptors (Lipinski definition) is 5. The van der Waals surface area contributed by atoms with Crippen LogP contribution < -0.4 is 10.1 Å². The van der Waals surface area contributed by atoms with Crippen LogP contribution in [0.5, 0.6) is 5.75 Å². The van der Waals surface area contributed by atoms with Gasteiger partial charge in [-0.05, 0) is 37.2 Å². The molecule has 0 radical (unpaired) electrons. The average molecular weight is 300 g/mol. The molecule has 22 heavy (non-hydrogen) atoms. The number of nitrogens with zero attached hydrogens (tertiary/aromatic N) is 3. The molecule has 5 heteroatoms. The lowest BCUT2D eigenvalue weighted by atomic mass is 10.2. The standard InChI is InChI=1S/C17H24N4O/c1-18-15-7-10-21(12-15)17-8-9-20(13-19-17)11-14-3-5-16(22-2)6-4-14/h3-6,8-9,15,18H,7,10-13H2,1-2H3/t15-/m1/s1. The van der Waals surface area contributed by atoms with Gasteiger partial charge in [0.1, 0.15) is 18.3 Å². The summed E-state index contributed by atoms with van der Waals surface area (Å²) in [5.41, 5.74) is 1.26. The predicted molar refractivity (Wildman–Crippen MR) is 89.0 cm³/mol. The first-order chi connectivity index (χ1) is 10.8. The number of likely N-dealkylation sites (N-methyl/N-ethyl adjacent to an activating group) is 1. The van der Waals surface area contributed by atoms with Crippen LogP contribution in [0.4, 0.5) is 0 Å². The van der Waals surface area contributed by atoms with E-state index in [1.165, 1.54) is 12.0 Å². The quantitative estimate of drug-likeness (QED) is 0.918. The van der Waals surface area contributed by atoms with Crippen molar-refractivity contribution < 1.29 is 4.74 Å². The molecule has 118 valence electrons. The van der Waals surface area contributed by atoms with E-state index in [0.717, 1.165) is 37.9 Å². The van der Waals surface area contributed by atoms with Crippen LogP contribution in [0.3, 0.4) is 0 Å². The summed E-state index contributed by atoms with van der Waals surface area (Å²) in [6.07, 6.45) is 5.48. The summed E-state index contributed by atoms with van der Waals surface area (Å²) in [6.45, 7) is 3.74. The Morgan fingerprint density at radius 2 is 2.14 bits per heavy atom. The van der Waals surface area contributed by atoms with Crippen molar-refractivity contribution in [1.82, 2.24) is 15.1 Å². The highest BCUT2D eigenvalue weighted by Gasteiger charge is 2.23. The van der Waals surface area contributed by atoms with Gasteiger partial charge >= 0.3 is 0 Å². The summed E-state index contributed by atoms with van der Waals surface area (Å²) >= 11 is 0. The molecule has 0 amide bonds. The molecular formula is C17H24N4O. The number of likely N-dealkylation sites (tertiary alicyclic amines) is 1. The monoisotopic (exact) mass is 300 g/mol. The molecule has 0 aliphatic carbocycles. The molecule has 1 N–H and O–H groups in total. The van der Waals surface area contributed by atoms with Gasteiger partial charge in [-0.2, -0.15) is 0 Å². The number of amidine groups is 1. The minimum Gasteiger partial charge on any atom is -0.497 e. The lowest BCUT2D eigenvalue weighted by molar-refractivity contribution is 0.369. The van der Waals surface area contributed by atoms with E-state index in [-0.39, 0.29) is 0 Å². The van der Waals surface area contributed by atoms with Gasteiger partial charge in [-0.15, -0.1) is 0 Å². The molecule has 1 aromatic rings. The van der Waals surface area contributed by atoms with Crippen molar-refractivity contribution in [3.8, 4) is 5.75 Å². The third-order valence-corrected chi connectivity index (χ3v) is 4.31. The van der Waals surface area contributed by atoms with Crippen molar-refractivity contribution in [2.45, 2.75) is 19.0 Å². The van der Waals surface area contributed by atoms with Crippen molar-refractivity contribution in [2.24, 2.45) is 4.99 Å². The van der Waals surface area contributed by atoms with Gasteiger partial charge < -0.3 is 19.9 Å². The van der Waals surface area contributed by atoms with Gasteiger partial charge in [0.25, 0.3) is 0 Å². The molecule has 2 aliphatic rings. The normalized spacial score (nSPS) is 21.2. The highest BCUT2D eigenvalue weighted by Crippen LogP contribution is 2.16. The minimum absolute atomic E-state index is 0.591. The highest BCUT2D eigenvalue weighted by molar-refractivity contribution is 5.93. The maximum absolute atomic E-state index is 5.19.